The third-order valence-electron chi connectivity index (χ3n) is 3.17. The van der Waals surface area contributed by atoms with Gasteiger partial charge in [0, 0.05) is 10.7 Å². The number of guanidine groups is 1. The van der Waals surface area contributed by atoms with E-state index in [0.29, 0.717) is 15.8 Å². The van der Waals surface area contributed by atoms with Crippen molar-refractivity contribution in [3.8, 4) is 0 Å². The van der Waals surface area contributed by atoms with Gasteiger partial charge in [-0.1, -0.05) is 41.1 Å². The van der Waals surface area contributed by atoms with Crippen LogP contribution >= 0.6 is 22.9 Å². The van der Waals surface area contributed by atoms with Crippen molar-refractivity contribution >= 4 is 56.0 Å². The number of nitrogens with zero attached hydrogens (tertiary/aromatic N) is 2. The predicted molar refractivity (Wildman–Crippen MR) is 99.2 cm³/mol. The van der Waals surface area contributed by atoms with Crippen LogP contribution in [0.2, 0.25) is 5.02 Å². The van der Waals surface area contributed by atoms with E-state index in [1.54, 1.807) is 12.1 Å². The molecule has 3 aromatic rings. The number of carbonyl (C=O) groups excluding carboxylic acids is 1. The first-order chi connectivity index (χ1) is 11.5. The van der Waals surface area contributed by atoms with Crippen LogP contribution in [0.4, 0.5) is 15.6 Å². The highest BCUT2D eigenvalue weighted by molar-refractivity contribution is 7.22. The van der Waals surface area contributed by atoms with Gasteiger partial charge in [0.15, 0.2) is 0 Å². The summed E-state index contributed by atoms with van der Waals surface area (Å²) in [7, 11) is 0. The van der Waals surface area contributed by atoms with Crippen LogP contribution in [0.3, 0.4) is 0 Å². The highest BCUT2D eigenvalue weighted by Gasteiger charge is 2.07. The van der Waals surface area contributed by atoms with Gasteiger partial charge in [-0.2, -0.15) is 4.99 Å². The van der Waals surface area contributed by atoms with Crippen molar-refractivity contribution in [1.29, 1.82) is 0 Å². The van der Waals surface area contributed by atoms with E-state index >= 15 is 0 Å². The first-order valence-corrected chi connectivity index (χ1v) is 8.24. The molecule has 8 heteroatoms. The van der Waals surface area contributed by atoms with Crippen molar-refractivity contribution in [1.82, 2.24) is 10.3 Å². The van der Waals surface area contributed by atoms with Gasteiger partial charge in [0.1, 0.15) is 0 Å². The van der Waals surface area contributed by atoms with Crippen LogP contribution in [-0.4, -0.2) is 17.0 Å². The molecule has 0 fully saturated rings. The lowest BCUT2D eigenvalue weighted by Crippen LogP contribution is -2.39. The second-order valence-electron chi connectivity index (χ2n) is 5.00. The molecule has 0 saturated heterocycles. The average Bonchev–Trinajstić information content (AvgIpc) is 2.92. The Hall–Kier alpha value is -2.64. The van der Waals surface area contributed by atoms with Gasteiger partial charge in [-0.15, -0.1) is 0 Å². The number of carbonyl (C=O) groups is 1. The molecule has 0 aliphatic carbocycles. The third-order valence-corrected chi connectivity index (χ3v) is 4.51. The molecule has 24 heavy (non-hydrogen) atoms. The lowest BCUT2D eigenvalue weighted by Gasteiger charge is -2.07. The Kier molecular flexibility index (Phi) is 4.64. The fourth-order valence-corrected chi connectivity index (χ4v) is 3.02. The summed E-state index contributed by atoms with van der Waals surface area (Å²) in [6.07, 6.45) is 0. The number of nitrogens with two attached hydrogens (primary N) is 1. The number of thiazole rings is 1. The van der Waals surface area contributed by atoms with Crippen LogP contribution in [0, 0.1) is 6.92 Å². The van der Waals surface area contributed by atoms with Crippen LogP contribution in [0.15, 0.2) is 47.5 Å². The number of hydrogen-bond donors (Lipinski definition) is 3. The zero-order chi connectivity index (χ0) is 17.1. The number of urea groups is 1. The summed E-state index contributed by atoms with van der Waals surface area (Å²) < 4.78 is 1.00. The van der Waals surface area contributed by atoms with Gasteiger partial charge in [0.05, 0.1) is 10.2 Å². The Morgan fingerprint density at radius 2 is 2.08 bits per heavy atom. The van der Waals surface area contributed by atoms with Crippen LogP contribution in [0.5, 0.6) is 0 Å². The van der Waals surface area contributed by atoms with E-state index in [4.69, 9.17) is 17.3 Å². The number of benzene rings is 2. The molecule has 0 atom stereocenters. The van der Waals surface area contributed by atoms with Crippen molar-refractivity contribution in [2.75, 3.05) is 5.32 Å². The molecule has 0 aliphatic heterocycles. The Labute approximate surface area is 147 Å². The summed E-state index contributed by atoms with van der Waals surface area (Å²) in [5.74, 6) is -0.0373. The van der Waals surface area contributed by atoms with Gasteiger partial charge < -0.3 is 11.1 Å². The van der Waals surface area contributed by atoms with Crippen molar-refractivity contribution in [2.45, 2.75) is 6.92 Å². The van der Waals surface area contributed by atoms with E-state index < -0.39 is 6.03 Å². The van der Waals surface area contributed by atoms with Gasteiger partial charge in [-0.3, -0.25) is 5.32 Å². The number of aliphatic imine (C=N–C) groups is 1. The van der Waals surface area contributed by atoms with Crippen LogP contribution in [0.1, 0.15) is 5.56 Å². The second kappa shape index (κ2) is 6.86. The fraction of sp³-hybridized carbons (Fsp3) is 0.0625. The number of amides is 2. The maximum Gasteiger partial charge on any atom is 0.325 e. The quantitative estimate of drug-likeness (QED) is 0.476. The average molecular weight is 360 g/mol. The van der Waals surface area contributed by atoms with Gasteiger partial charge in [-0.05, 0) is 36.8 Å². The molecule has 1 heterocycles. The molecule has 4 N–H and O–H groups in total. The number of para-hydroxylation sites is 1. The molecule has 2 aromatic carbocycles. The molecule has 6 nitrogen and oxygen atoms in total. The van der Waals surface area contributed by atoms with Crippen LogP contribution in [0.25, 0.3) is 10.2 Å². The van der Waals surface area contributed by atoms with Crippen molar-refractivity contribution in [3.63, 3.8) is 0 Å². The Bertz CT molecular complexity index is 904. The SMILES string of the molecule is Cc1ccc(NC(=O)N/C(N)=N/c2nc3ccccc3s2)cc1Cl. The maximum atomic E-state index is 11.9. The molecule has 0 bridgehead atoms. The summed E-state index contributed by atoms with van der Waals surface area (Å²) >= 11 is 7.41. The zero-order valence-electron chi connectivity index (χ0n) is 12.7. The van der Waals surface area contributed by atoms with E-state index in [0.717, 1.165) is 15.8 Å². The number of fused-ring (bicyclic) bond motifs is 1. The van der Waals surface area contributed by atoms with E-state index in [2.05, 4.69) is 20.6 Å². The van der Waals surface area contributed by atoms with Crippen LogP contribution in [-0.2, 0) is 0 Å². The maximum absolute atomic E-state index is 11.9. The molecule has 0 unspecified atom stereocenters. The minimum Gasteiger partial charge on any atom is -0.369 e. The highest BCUT2D eigenvalue weighted by Crippen LogP contribution is 2.27. The number of rotatable bonds is 2. The monoisotopic (exact) mass is 359 g/mol. The van der Waals surface area contributed by atoms with Crippen molar-refractivity contribution in [3.05, 3.63) is 53.1 Å². The van der Waals surface area contributed by atoms with E-state index in [9.17, 15) is 4.79 Å². The molecule has 0 radical (unpaired) electrons. The first kappa shape index (κ1) is 16.2. The number of anilines is 1. The van der Waals surface area contributed by atoms with Crippen molar-refractivity contribution in [2.24, 2.45) is 10.7 Å². The molecular weight excluding hydrogens is 346 g/mol. The normalized spacial score (nSPS) is 11.5. The number of nitrogens with one attached hydrogen (secondary N) is 2. The molecule has 2 amide bonds. The lowest BCUT2D eigenvalue weighted by atomic mass is 10.2. The molecule has 0 aliphatic rings. The zero-order valence-corrected chi connectivity index (χ0v) is 14.3. The Morgan fingerprint density at radius 1 is 1.29 bits per heavy atom. The molecule has 0 saturated carbocycles. The van der Waals surface area contributed by atoms with Gasteiger partial charge >= 0.3 is 6.03 Å². The third kappa shape index (κ3) is 3.81. The van der Waals surface area contributed by atoms with Crippen LogP contribution < -0.4 is 16.4 Å². The molecule has 3 rings (SSSR count). The van der Waals surface area contributed by atoms with E-state index in [1.165, 1.54) is 11.3 Å². The minimum atomic E-state index is -0.503. The van der Waals surface area contributed by atoms with Gasteiger partial charge in [0.2, 0.25) is 11.1 Å². The van der Waals surface area contributed by atoms with Gasteiger partial charge in [0.25, 0.3) is 0 Å². The summed E-state index contributed by atoms with van der Waals surface area (Å²) in [5.41, 5.74) is 8.09. The topological polar surface area (TPSA) is 92.4 Å². The largest absolute Gasteiger partial charge is 0.369 e. The number of aromatic nitrogens is 1. The predicted octanol–water partition coefficient (Wildman–Crippen LogP) is 4.03. The molecular formula is C16H14ClN5OS. The first-order valence-electron chi connectivity index (χ1n) is 7.05. The Morgan fingerprint density at radius 3 is 2.83 bits per heavy atom. The second-order valence-corrected chi connectivity index (χ2v) is 6.42. The summed E-state index contributed by atoms with van der Waals surface area (Å²) in [4.78, 5) is 20.4. The smallest absolute Gasteiger partial charge is 0.325 e. The summed E-state index contributed by atoms with van der Waals surface area (Å²) in [5, 5.41) is 6.15. The lowest BCUT2D eigenvalue weighted by molar-refractivity contribution is 0.256. The molecule has 0 spiro atoms. The number of aryl methyl sites for hydroxylation is 1. The molecule has 122 valence electrons. The van der Waals surface area contributed by atoms with E-state index in [1.807, 2.05) is 37.3 Å². The molecule has 1 aromatic heterocycles. The minimum absolute atomic E-state index is 0.0373. The summed E-state index contributed by atoms with van der Waals surface area (Å²) in [6, 6.07) is 12.4. The van der Waals surface area contributed by atoms with Gasteiger partial charge in [-0.25, -0.2) is 9.78 Å². The number of halogens is 1. The fourth-order valence-electron chi connectivity index (χ4n) is 1.99. The van der Waals surface area contributed by atoms with Crippen molar-refractivity contribution < 1.29 is 4.79 Å². The Balaban J connectivity index is 1.67. The highest BCUT2D eigenvalue weighted by atomic mass is 35.5. The standard InChI is InChI=1S/C16H14ClN5OS/c1-9-6-7-10(8-11(9)17)19-15(23)21-14(18)22-16-20-12-4-2-3-5-13(12)24-16/h2-8H,1H3,(H4,18,19,20,21,22,23). The van der Waals surface area contributed by atoms with E-state index in [-0.39, 0.29) is 5.96 Å². The summed E-state index contributed by atoms with van der Waals surface area (Å²) in [6.45, 7) is 1.88. The number of hydrogen-bond acceptors (Lipinski definition) is 4.